The lowest BCUT2D eigenvalue weighted by Crippen LogP contribution is -2.10. The highest BCUT2D eigenvalue weighted by Crippen LogP contribution is 2.14. The highest BCUT2D eigenvalue weighted by atomic mass is 16.5. The molecule has 0 fully saturated rings. The molecule has 1 rings (SSSR count). The quantitative estimate of drug-likeness (QED) is 0.610. The molecule has 0 saturated heterocycles. The van der Waals surface area contributed by atoms with Crippen molar-refractivity contribution >= 4 is 5.78 Å². The predicted molar refractivity (Wildman–Crippen MR) is 57.0 cm³/mol. The van der Waals surface area contributed by atoms with Crippen LogP contribution in [-0.4, -0.2) is 12.4 Å². The first kappa shape index (κ1) is 11.3. The van der Waals surface area contributed by atoms with E-state index < -0.39 is 0 Å². The van der Waals surface area contributed by atoms with E-state index in [2.05, 4.69) is 6.92 Å². The second-order valence-electron chi connectivity index (χ2n) is 3.79. The summed E-state index contributed by atoms with van der Waals surface area (Å²) in [6, 6.07) is 0. The Morgan fingerprint density at radius 1 is 1.43 bits per heavy atom. The van der Waals surface area contributed by atoms with Gasteiger partial charge in [-0.15, -0.1) is 0 Å². The lowest BCUT2D eigenvalue weighted by atomic mass is 10.1. The standard InChI is InChI=1S/C12H20O2/c1-2-3-4-5-8-11(13)12-9-6-7-10-14-12/h9H,2-8,10H2,1H3. The highest BCUT2D eigenvalue weighted by Gasteiger charge is 2.12. The van der Waals surface area contributed by atoms with Crippen molar-refractivity contribution < 1.29 is 9.53 Å². The number of unbranched alkanes of at least 4 members (excludes halogenated alkanes) is 3. The third-order valence-electron chi connectivity index (χ3n) is 2.47. The first-order valence-electron chi connectivity index (χ1n) is 5.70. The first-order valence-corrected chi connectivity index (χ1v) is 5.70. The lowest BCUT2D eigenvalue weighted by molar-refractivity contribution is -0.119. The second kappa shape index (κ2) is 6.63. The summed E-state index contributed by atoms with van der Waals surface area (Å²) in [5.41, 5.74) is 0. The van der Waals surface area contributed by atoms with Gasteiger partial charge in [-0.25, -0.2) is 0 Å². The normalized spacial score (nSPS) is 15.9. The molecular weight excluding hydrogens is 176 g/mol. The predicted octanol–water partition coefficient (Wildman–Crippen LogP) is 3.22. The van der Waals surface area contributed by atoms with E-state index in [1.807, 2.05) is 6.08 Å². The van der Waals surface area contributed by atoms with E-state index in [4.69, 9.17) is 4.74 Å². The molecule has 2 nitrogen and oxygen atoms in total. The van der Waals surface area contributed by atoms with Crippen LogP contribution in [0.1, 0.15) is 51.9 Å². The number of allylic oxidation sites excluding steroid dienone is 2. The summed E-state index contributed by atoms with van der Waals surface area (Å²) in [4.78, 5) is 11.6. The number of hydrogen-bond acceptors (Lipinski definition) is 2. The SMILES string of the molecule is CCCCCCC(=O)C1=CCCCO1. The minimum Gasteiger partial charge on any atom is -0.490 e. The number of ether oxygens (including phenoxy) is 1. The van der Waals surface area contributed by atoms with E-state index in [0.717, 1.165) is 25.7 Å². The zero-order valence-corrected chi connectivity index (χ0v) is 9.05. The fourth-order valence-electron chi connectivity index (χ4n) is 1.59. The third-order valence-corrected chi connectivity index (χ3v) is 2.47. The molecule has 1 heterocycles. The number of carbonyl (C=O) groups is 1. The minimum absolute atomic E-state index is 0.195. The zero-order chi connectivity index (χ0) is 10.2. The first-order chi connectivity index (χ1) is 6.84. The maximum absolute atomic E-state index is 11.6. The number of carbonyl (C=O) groups excluding carboxylic acids is 1. The Hall–Kier alpha value is -0.790. The molecule has 1 aliphatic rings. The van der Waals surface area contributed by atoms with Gasteiger partial charge in [-0.05, 0) is 25.3 Å². The summed E-state index contributed by atoms with van der Waals surface area (Å²) in [5.74, 6) is 0.813. The van der Waals surface area contributed by atoms with Crippen molar-refractivity contribution in [1.82, 2.24) is 0 Å². The van der Waals surface area contributed by atoms with Crippen molar-refractivity contribution in [2.45, 2.75) is 51.9 Å². The van der Waals surface area contributed by atoms with Gasteiger partial charge < -0.3 is 4.74 Å². The Morgan fingerprint density at radius 2 is 2.29 bits per heavy atom. The molecule has 0 bridgehead atoms. The van der Waals surface area contributed by atoms with Crippen LogP contribution in [0.3, 0.4) is 0 Å². The number of hydrogen-bond donors (Lipinski definition) is 0. The summed E-state index contributed by atoms with van der Waals surface area (Å²) in [6.07, 6.45) is 9.25. The molecule has 0 amide bonds. The molecule has 0 radical (unpaired) electrons. The number of ketones is 1. The van der Waals surface area contributed by atoms with Crippen molar-refractivity contribution in [2.75, 3.05) is 6.61 Å². The Balaban J connectivity index is 2.17. The average molecular weight is 196 g/mol. The molecule has 80 valence electrons. The molecule has 1 aliphatic heterocycles. The maximum Gasteiger partial charge on any atom is 0.197 e. The van der Waals surface area contributed by atoms with Crippen molar-refractivity contribution in [1.29, 1.82) is 0 Å². The second-order valence-corrected chi connectivity index (χ2v) is 3.79. The molecule has 0 unspecified atom stereocenters. The smallest absolute Gasteiger partial charge is 0.197 e. The fraction of sp³-hybridized carbons (Fsp3) is 0.750. The van der Waals surface area contributed by atoms with E-state index in [0.29, 0.717) is 18.8 Å². The largest absolute Gasteiger partial charge is 0.490 e. The molecule has 0 aromatic heterocycles. The van der Waals surface area contributed by atoms with Gasteiger partial charge in [0.1, 0.15) is 0 Å². The number of rotatable bonds is 6. The molecule has 0 aromatic rings. The van der Waals surface area contributed by atoms with Crippen LogP contribution in [0, 0.1) is 0 Å². The number of Topliss-reactive ketones (excluding diaryl/α,β-unsaturated/α-hetero) is 1. The van der Waals surface area contributed by atoms with Gasteiger partial charge >= 0.3 is 0 Å². The van der Waals surface area contributed by atoms with E-state index in [1.165, 1.54) is 12.8 Å². The van der Waals surface area contributed by atoms with Gasteiger partial charge in [0.2, 0.25) is 0 Å². The van der Waals surface area contributed by atoms with E-state index in [-0.39, 0.29) is 5.78 Å². The van der Waals surface area contributed by atoms with Crippen LogP contribution in [-0.2, 0) is 9.53 Å². The van der Waals surface area contributed by atoms with Gasteiger partial charge in [0.05, 0.1) is 6.61 Å². The van der Waals surface area contributed by atoms with Crippen molar-refractivity contribution in [3.8, 4) is 0 Å². The highest BCUT2D eigenvalue weighted by molar-refractivity contribution is 5.93. The van der Waals surface area contributed by atoms with E-state index in [1.54, 1.807) is 0 Å². The summed E-state index contributed by atoms with van der Waals surface area (Å²) in [7, 11) is 0. The van der Waals surface area contributed by atoms with Gasteiger partial charge in [0, 0.05) is 6.42 Å². The van der Waals surface area contributed by atoms with E-state index >= 15 is 0 Å². The molecule has 0 aliphatic carbocycles. The molecule has 14 heavy (non-hydrogen) atoms. The van der Waals surface area contributed by atoms with Gasteiger partial charge in [0.25, 0.3) is 0 Å². The van der Waals surface area contributed by atoms with Crippen molar-refractivity contribution in [3.63, 3.8) is 0 Å². The van der Waals surface area contributed by atoms with Crippen LogP contribution in [0.25, 0.3) is 0 Å². The summed E-state index contributed by atoms with van der Waals surface area (Å²) < 4.78 is 5.31. The maximum atomic E-state index is 11.6. The Bertz CT molecular complexity index is 206. The average Bonchev–Trinajstić information content (AvgIpc) is 2.25. The van der Waals surface area contributed by atoms with Crippen LogP contribution in [0.15, 0.2) is 11.8 Å². The van der Waals surface area contributed by atoms with Crippen molar-refractivity contribution in [2.24, 2.45) is 0 Å². The van der Waals surface area contributed by atoms with Crippen molar-refractivity contribution in [3.05, 3.63) is 11.8 Å². The zero-order valence-electron chi connectivity index (χ0n) is 9.05. The third kappa shape index (κ3) is 3.95. The summed E-state index contributed by atoms with van der Waals surface area (Å²) in [5, 5.41) is 0. The molecule has 0 N–H and O–H groups in total. The monoisotopic (exact) mass is 196 g/mol. The van der Waals surface area contributed by atoms with Gasteiger partial charge in [-0.1, -0.05) is 26.2 Å². The molecular formula is C12H20O2. The minimum atomic E-state index is 0.195. The van der Waals surface area contributed by atoms with Crippen LogP contribution in [0.2, 0.25) is 0 Å². The van der Waals surface area contributed by atoms with Crippen LogP contribution >= 0.6 is 0 Å². The van der Waals surface area contributed by atoms with Crippen LogP contribution in [0.5, 0.6) is 0 Å². The Morgan fingerprint density at radius 3 is 2.93 bits per heavy atom. The molecule has 0 atom stereocenters. The van der Waals surface area contributed by atoms with Gasteiger partial charge in [-0.2, -0.15) is 0 Å². The molecule has 0 aromatic carbocycles. The summed E-state index contributed by atoms with van der Waals surface area (Å²) >= 11 is 0. The molecule has 0 saturated carbocycles. The van der Waals surface area contributed by atoms with Gasteiger partial charge in [0.15, 0.2) is 11.5 Å². The van der Waals surface area contributed by atoms with Crippen LogP contribution in [0.4, 0.5) is 0 Å². The van der Waals surface area contributed by atoms with Gasteiger partial charge in [-0.3, -0.25) is 4.79 Å². The molecule has 0 spiro atoms. The lowest BCUT2D eigenvalue weighted by Gasteiger charge is -2.13. The fourth-order valence-corrected chi connectivity index (χ4v) is 1.59. The molecule has 2 heteroatoms. The summed E-state index contributed by atoms with van der Waals surface area (Å²) in [6.45, 7) is 2.89. The topological polar surface area (TPSA) is 26.3 Å². The van der Waals surface area contributed by atoms with E-state index in [9.17, 15) is 4.79 Å². The Kier molecular flexibility index (Phi) is 5.35. The van der Waals surface area contributed by atoms with Crippen LogP contribution < -0.4 is 0 Å². The Labute approximate surface area is 86.3 Å².